The number of ether oxygens (including phenoxy) is 3. The number of rotatable bonds is 7. The molecule has 8 nitrogen and oxygen atoms in total. The maximum absolute atomic E-state index is 15.6. The SMILES string of the molecule is CC(=O)ONC1OC(COC(=O)c2ccccc2)C(OC(=O)c2ccccc2)C1(C)F. The Morgan fingerprint density at radius 3 is 2.10 bits per heavy atom. The molecule has 0 aromatic heterocycles. The molecule has 0 amide bonds. The van der Waals surface area contributed by atoms with Gasteiger partial charge in [0.25, 0.3) is 0 Å². The van der Waals surface area contributed by atoms with Gasteiger partial charge in [-0.05, 0) is 31.2 Å². The van der Waals surface area contributed by atoms with Gasteiger partial charge in [-0.15, -0.1) is 5.48 Å². The molecule has 4 unspecified atom stereocenters. The van der Waals surface area contributed by atoms with Crippen LogP contribution < -0.4 is 5.48 Å². The van der Waals surface area contributed by atoms with E-state index in [1.54, 1.807) is 48.5 Å². The third-order valence-electron chi connectivity index (χ3n) is 4.66. The molecule has 0 aliphatic carbocycles. The molecule has 1 N–H and O–H groups in total. The van der Waals surface area contributed by atoms with Crippen LogP contribution >= 0.6 is 0 Å². The van der Waals surface area contributed by atoms with Crippen LogP contribution in [0.2, 0.25) is 0 Å². The number of halogens is 1. The first-order chi connectivity index (χ1) is 14.8. The molecular formula is C22H22FNO7. The van der Waals surface area contributed by atoms with E-state index in [4.69, 9.17) is 14.2 Å². The van der Waals surface area contributed by atoms with Crippen LogP contribution in [0, 0.1) is 0 Å². The lowest BCUT2D eigenvalue weighted by Crippen LogP contribution is -2.50. The van der Waals surface area contributed by atoms with Crippen molar-refractivity contribution in [3.8, 4) is 0 Å². The van der Waals surface area contributed by atoms with Crippen LogP contribution in [0.15, 0.2) is 60.7 Å². The summed E-state index contributed by atoms with van der Waals surface area (Å²) in [4.78, 5) is 40.5. The normalized spacial score (nSPS) is 24.9. The van der Waals surface area contributed by atoms with E-state index in [9.17, 15) is 14.4 Å². The summed E-state index contributed by atoms with van der Waals surface area (Å²) in [5, 5.41) is 0. The van der Waals surface area contributed by atoms with E-state index in [0.29, 0.717) is 5.56 Å². The Balaban J connectivity index is 1.75. The molecule has 1 fully saturated rings. The van der Waals surface area contributed by atoms with E-state index in [1.165, 1.54) is 12.1 Å². The molecule has 31 heavy (non-hydrogen) atoms. The fourth-order valence-corrected chi connectivity index (χ4v) is 3.06. The molecule has 1 saturated heterocycles. The van der Waals surface area contributed by atoms with Crippen LogP contribution in [0.3, 0.4) is 0 Å². The Labute approximate surface area is 178 Å². The van der Waals surface area contributed by atoms with Gasteiger partial charge in [-0.3, -0.25) is 4.79 Å². The Kier molecular flexibility index (Phi) is 6.98. The first kappa shape index (κ1) is 22.4. The molecule has 0 bridgehead atoms. The quantitative estimate of drug-likeness (QED) is 0.406. The minimum atomic E-state index is -2.30. The summed E-state index contributed by atoms with van der Waals surface area (Å²) in [5.41, 5.74) is 0.402. The fourth-order valence-electron chi connectivity index (χ4n) is 3.06. The number of esters is 2. The predicted molar refractivity (Wildman–Crippen MR) is 105 cm³/mol. The molecule has 4 atom stereocenters. The molecule has 0 spiro atoms. The fraction of sp³-hybridized carbons (Fsp3) is 0.318. The summed E-state index contributed by atoms with van der Waals surface area (Å²) in [7, 11) is 0. The Morgan fingerprint density at radius 2 is 1.55 bits per heavy atom. The molecule has 0 radical (unpaired) electrons. The number of alkyl halides is 1. The average Bonchev–Trinajstić information content (AvgIpc) is 3.01. The van der Waals surface area contributed by atoms with Crippen LogP contribution in [0.1, 0.15) is 34.6 Å². The molecule has 1 aliphatic rings. The predicted octanol–water partition coefficient (Wildman–Crippen LogP) is 2.59. The van der Waals surface area contributed by atoms with E-state index in [1.807, 2.05) is 0 Å². The second kappa shape index (κ2) is 9.67. The molecule has 164 valence electrons. The highest BCUT2D eigenvalue weighted by Gasteiger charge is 2.58. The summed E-state index contributed by atoms with van der Waals surface area (Å²) in [6.07, 6.45) is -4.05. The zero-order valence-electron chi connectivity index (χ0n) is 16.9. The molecule has 3 rings (SSSR count). The van der Waals surface area contributed by atoms with Gasteiger partial charge >= 0.3 is 17.9 Å². The van der Waals surface area contributed by atoms with Crippen LogP contribution in [-0.4, -0.2) is 48.6 Å². The highest BCUT2D eigenvalue weighted by atomic mass is 19.1. The van der Waals surface area contributed by atoms with Gasteiger partial charge in [-0.25, -0.2) is 14.0 Å². The Bertz CT molecular complexity index is 920. The smallest absolute Gasteiger partial charge is 0.338 e. The van der Waals surface area contributed by atoms with Gasteiger partial charge < -0.3 is 19.0 Å². The van der Waals surface area contributed by atoms with Crippen LogP contribution in [-0.2, 0) is 23.8 Å². The van der Waals surface area contributed by atoms with Gasteiger partial charge in [0.1, 0.15) is 12.7 Å². The van der Waals surface area contributed by atoms with Crippen LogP contribution in [0.4, 0.5) is 4.39 Å². The van der Waals surface area contributed by atoms with Gasteiger partial charge in [-0.1, -0.05) is 36.4 Å². The molecule has 1 aliphatic heterocycles. The highest BCUT2D eigenvalue weighted by molar-refractivity contribution is 5.90. The zero-order chi connectivity index (χ0) is 22.4. The zero-order valence-corrected chi connectivity index (χ0v) is 16.9. The number of hydrogen-bond donors (Lipinski definition) is 1. The van der Waals surface area contributed by atoms with Crippen molar-refractivity contribution in [2.45, 2.75) is 38.0 Å². The van der Waals surface area contributed by atoms with Crippen molar-refractivity contribution in [3.63, 3.8) is 0 Å². The number of carbonyl (C=O) groups excluding carboxylic acids is 3. The van der Waals surface area contributed by atoms with Crippen molar-refractivity contribution in [2.75, 3.05) is 6.61 Å². The number of hydroxylamine groups is 1. The van der Waals surface area contributed by atoms with Gasteiger partial charge in [-0.2, -0.15) is 0 Å². The second-order valence-electron chi connectivity index (χ2n) is 7.07. The van der Waals surface area contributed by atoms with E-state index >= 15 is 4.39 Å². The van der Waals surface area contributed by atoms with Crippen LogP contribution in [0.25, 0.3) is 0 Å². The number of hydrogen-bond acceptors (Lipinski definition) is 8. The van der Waals surface area contributed by atoms with Crippen molar-refractivity contribution in [1.82, 2.24) is 5.48 Å². The summed E-state index contributed by atoms with van der Waals surface area (Å²) in [6.45, 7) is 1.87. The molecule has 1 heterocycles. The standard InChI is InChI=1S/C22H22FNO7/c1-14(25)31-24-21-22(2,23)18(30-20(27)16-11-7-4-8-12-16)17(29-21)13-28-19(26)15-9-5-3-6-10-15/h3-12,17-18,21,24H,13H2,1-2H3. The molecule has 2 aromatic rings. The highest BCUT2D eigenvalue weighted by Crippen LogP contribution is 2.36. The first-order valence-electron chi connectivity index (χ1n) is 9.54. The van der Waals surface area contributed by atoms with Gasteiger partial charge in [0, 0.05) is 6.92 Å². The van der Waals surface area contributed by atoms with E-state index < -0.39 is 48.6 Å². The van der Waals surface area contributed by atoms with Crippen molar-refractivity contribution >= 4 is 17.9 Å². The Hall–Kier alpha value is -3.30. The maximum atomic E-state index is 15.6. The lowest BCUT2D eigenvalue weighted by atomic mass is 9.98. The lowest BCUT2D eigenvalue weighted by Gasteiger charge is -2.27. The maximum Gasteiger partial charge on any atom is 0.338 e. The molecule has 0 saturated carbocycles. The summed E-state index contributed by atoms with van der Waals surface area (Å²) < 4.78 is 31.7. The third kappa shape index (κ3) is 5.44. The van der Waals surface area contributed by atoms with Gasteiger partial charge in [0.2, 0.25) is 0 Å². The third-order valence-corrected chi connectivity index (χ3v) is 4.66. The summed E-state index contributed by atoms with van der Waals surface area (Å²) in [6, 6.07) is 16.3. The number of nitrogens with one attached hydrogen (secondary N) is 1. The minimum absolute atomic E-state index is 0.217. The average molecular weight is 431 g/mol. The summed E-state index contributed by atoms with van der Waals surface area (Å²) in [5.74, 6) is -2.13. The van der Waals surface area contributed by atoms with Gasteiger partial charge in [0.15, 0.2) is 18.0 Å². The monoisotopic (exact) mass is 431 g/mol. The lowest BCUT2D eigenvalue weighted by molar-refractivity contribution is -0.166. The van der Waals surface area contributed by atoms with Crippen molar-refractivity contribution < 1.29 is 37.8 Å². The van der Waals surface area contributed by atoms with Crippen molar-refractivity contribution in [3.05, 3.63) is 71.8 Å². The van der Waals surface area contributed by atoms with E-state index in [2.05, 4.69) is 10.3 Å². The van der Waals surface area contributed by atoms with E-state index in [0.717, 1.165) is 13.8 Å². The van der Waals surface area contributed by atoms with Crippen molar-refractivity contribution in [2.24, 2.45) is 0 Å². The molecule has 9 heteroatoms. The van der Waals surface area contributed by atoms with E-state index in [-0.39, 0.29) is 5.56 Å². The molecular weight excluding hydrogens is 409 g/mol. The number of carbonyl (C=O) groups is 3. The minimum Gasteiger partial charge on any atom is -0.459 e. The summed E-state index contributed by atoms with van der Waals surface area (Å²) >= 11 is 0. The van der Waals surface area contributed by atoms with Gasteiger partial charge in [0.05, 0.1) is 11.1 Å². The Morgan fingerprint density at radius 1 is 1.00 bits per heavy atom. The molecule has 2 aromatic carbocycles. The van der Waals surface area contributed by atoms with Crippen LogP contribution in [0.5, 0.6) is 0 Å². The second-order valence-corrected chi connectivity index (χ2v) is 7.07. The first-order valence-corrected chi connectivity index (χ1v) is 9.54. The van der Waals surface area contributed by atoms with Crippen molar-refractivity contribution in [1.29, 1.82) is 0 Å². The largest absolute Gasteiger partial charge is 0.459 e. The topological polar surface area (TPSA) is 100 Å². The number of benzene rings is 2.